The predicted octanol–water partition coefficient (Wildman–Crippen LogP) is 3.84. The van der Waals surface area contributed by atoms with Gasteiger partial charge < -0.3 is 10.2 Å². The van der Waals surface area contributed by atoms with Crippen LogP contribution < -0.4 is 5.32 Å². The van der Waals surface area contributed by atoms with E-state index in [1.807, 2.05) is 4.90 Å². The summed E-state index contributed by atoms with van der Waals surface area (Å²) in [6.45, 7) is 1.39. The zero-order valence-corrected chi connectivity index (χ0v) is 17.0. The number of nitrogens with one attached hydrogen (secondary N) is 1. The van der Waals surface area contributed by atoms with E-state index in [9.17, 15) is 9.59 Å². The molecule has 0 radical (unpaired) electrons. The summed E-state index contributed by atoms with van der Waals surface area (Å²) in [6, 6.07) is 5.70. The fourth-order valence-corrected chi connectivity index (χ4v) is 5.33. The fraction of sp³-hybridized carbons (Fsp3) is 0.500. The third-order valence-corrected chi connectivity index (χ3v) is 6.99. The molecule has 1 fully saturated rings. The Balaban J connectivity index is 1.33. The van der Waals surface area contributed by atoms with E-state index in [4.69, 9.17) is 0 Å². The van der Waals surface area contributed by atoms with Gasteiger partial charge in [0.15, 0.2) is 0 Å². The van der Waals surface area contributed by atoms with Gasteiger partial charge in [-0.05, 0) is 62.3 Å². The van der Waals surface area contributed by atoms with Crippen molar-refractivity contribution in [2.75, 3.05) is 13.1 Å². The smallest absolute Gasteiger partial charge is 0.263 e. The highest BCUT2D eigenvalue weighted by atomic mass is 32.1. The minimum absolute atomic E-state index is 0.0646. The van der Waals surface area contributed by atoms with Gasteiger partial charge in [0.2, 0.25) is 0 Å². The molecule has 0 unspecified atom stereocenters. The third-order valence-electron chi connectivity index (χ3n) is 5.77. The lowest BCUT2D eigenvalue weighted by Crippen LogP contribution is -2.46. The van der Waals surface area contributed by atoms with Crippen molar-refractivity contribution >= 4 is 23.2 Å². The Hall–Kier alpha value is -2.21. The molecule has 2 aromatic heterocycles. The second-order valence-corrected chi connectivity index (χ2v) is 8.89. The zero-order chi connectivity index (χ0) is 19.3. The second-order valence-electron chi connectivity index (χ2n) is 7.75. The number of hydrogen-bond donors (Lipinski definition) is 1. The Morgan fingerprint density at radius 1 is 1.04 bits per heavy atom. The average Bonchev–Trinajstić information content (AvgIpc) is 3.10. The highest BCUT2D eigenvalue weighted by molar-refractivity contribution is 7.14. The second kappa shape index (κ2) is 8.86. The molecular formula is C22H27N3O2S. The van der Waals surface area contributed by atoms with E-state index in [0.29, 0.717) is 18.7 Å². The van der Waals surface area contributed by atoms with Crippen molar-refractivity contribution in [3.8, 4) is 0 Å². The number of carbonyl (C=O) groups is 2. The molecule has 1 saturated heterocycles. The Morgan fingerprint density at radius 2 is 1.75 bits per heavy atom. The molecule has 6 heteroatoms. The molecule has 28 heavy (non-hydrogen) atoms. The fourth-order valence-electron chi connectivity index (χ4n) is 4.10. The average molecular weight is 398 g/mol. The summed E-state index contributed by atoms with van der Waals surface area (Å²) in [5, 5.41) is 3.09. The monoisotopic (exact) mass is 397 g/mol. The van der Waals surface area contributed by atoms with Crippen LogP contribution in [0, 0.1) is 0 Å². The molecule has 4 rings (SSSR count). The maximum absolute atomic E-state index is 13.0. The summed E-state index contributed by atoms with van der Waals surface area (Å²) in [7, 11) is 0. The Morgan fingerprint density at radius 3 is 2.50 bits per heavy atom. The number of piperidine rings is 1. The molecule has 2 aromatic rings. The number of pyridine rings is 1. The number of carbonyl (C=O) groups excluding carboxylic acids is 2. The number of rotatable bonds is 3. The summed E-state index contributed by atoms with van der Waals surface area (Å²) in [5.41, 5.74) is 2.03. The quantitative estimate of drug-likeness (QED) is 0.856. The molecule has 0 atom stereocenters. The molecule has 3 heterocycles. The van der Waals surface area contributed by atoms with Crippen LogP contribution in [-0.2, 0) is 12.8 Å². The molecule has 5 nitrogen and oxygen atoms in total. The lowest BCUT2D eigenvalue weighted by molar-refractivity contribution is 0.0702. The molecule has 1 aliphatic heterocycles. The summed E-state index contributed by atoms with van der Waals surface area (Å²) < 4.78 is 0. The van der Waals surface area contributed by atoms with Crippen molar-refractivity contribution in [1.82, 2.24) is 15.2 Å². The van der Waals surface area contributed by atoms with Crippen molar-refractivity contribution in [3.05, 3.63) is 51.5 Å². The molecule has 2 aliphatic rings. The minimum Gasteiger partial charge on any atom is -0.349 e. The van der Waals surface area contributed by atoms with E-state index in [1.165, 1.54) is 36.1 Å². The molecule has 148 valence electrons. The lowest BCUT2D eigenvalue weighted by atomic mass is 9.99. The normalized spacial score (nSPS) is 18.1. The number of aryl methyl sites for hydroxylation is 2. The maximum Gasteiger partial charge on any atom is 0.263 e. The van der Waals surface area contributed by atoms with Crippen LogP contribution in [0.5, 0.6) is 0 Å². The van der Waals surface area contributed by atoms with Crippen molar-refractivity contribution in [2.45, 2.75) is 57.4 Å². The first-order valence-electron chi connectivity index (χ1n) is 10.3. The number of aromatic nitrogens is 1. The van der Waals surface area contributed by atoms with Gasteiger partial charge in [0.1, 0.15) is 0 Å². The first kappa shape index (κ1) is 19.1. The van der Waals surface area contributed by atoms with Gasteiger partial charge in [0.25, 0.3) is 11.8 Å². The van der Waals surface area contributed by atoms with E-state index in [2.05, 4.69) is 16.4 Å². The van der Waals surface area contributed by atoms with Crippen LogP contribution in [0.4, 0.5) is 0 Å². The Bertz CT molecular complexity index is 800. The highest BCUT2D eigenvalue weighted by Gasteiger charge is 2.26. The van der Waals surface area contributed by atoms with Gasteiger partial charge >= 0.3 is 0 Å². The number of thiophene rings is 1. The summed E-state index contributed by atoms with van der Waals surface area (Å²) in [4.78, 5) is 33.5. The van der Waals surface area contributed by atoms with Gasteiger partial charge in [-0.3, -0.25) is 14.6 Å². The number of likely N-dealkylation sites (tertiary alicyclic amines) is 1. The molecule has 1 N–H and O–H groups in total. The van der Waals surface area contributed by atoms with Crippen LogP contribution in [0.25, 0.3) is 0 Å². The van der Waals surface area contributed by atoms with Gasteiger partial charge in [-0.25, -0.2) is 0 Å². The molecule has 0 aromatic carbocycles. The topological polar surface area (TPSA) is 62.3 Å². The van der Waals surface area contributed by atoms with Crippen LogP contribution in [-0.4, -0.2) is 40.8 Å². The van der Waals surface area contributed by atoms with E-state index >= 15 is 0 Å². The van der Waals surface area contributed by atoms with Gasteiger partial charge in [0, 0.05) is 42.0 Å². The first-order valence-corrected chi connectivity index (χ1v) is 11.1. The summed E-state index contributed by atoms with van der Waals surface area (Å²) >= 11 is 1.70. The minimum atomic E-state index is -0.0646. The Labute approximate surface area is 170 Å². The maximum atomic E-state index is 13.0. The molecule has 0 bridgehead atoms. The lowest BCUT2D eigenvalue weighted by Gasteiger charge is -2.32. The number of amides is 2. The number of nitrogens with zero attached hydrogens (tertiary/aromatic N) is 2. The first-order chi connectivity index (χ1) is 13.7. The summed E-state index contributed by atoms with van der Waals surface area (Å²) in [6.07, 6.45) is 12.2. The standard InChI is InChI=1S/C22H27N3O2S/c26-21(16-7-11-23-12-8-16)24-18-9-13-25(14-10-18)22(27)20-15-17-5-3-1-2-4-6-19(17)28-20/h7-8,11-12,15,18H,1-6,9-10,13-14H2,(H,24,26). The van der Waals surface area contributed by atoms with Crippen LogP contribution in [0.1, 0.15) is 69.0 Å². The highest BCUT2D eigenvalue weighted by Crippen LogP contribution is 2.29. The van der Waals surface area contributed by atoms with Crippen molar-refractivity contribution in [1.29, 1.82) is 0 Å². The van der Waals surface area contributed by atoms with Gasteiger partial charge in [-0.1, -0.05) is 12.8 Å². The van der Waals surface area contributed by atoms with E-state index in [1.54, 1.807) is 35.9 Å². The Kier molecular flexibility index (Phi) is 6.05. The van der Waals surface area contributed by atoms with E-state index in [-0.39, 0.29) is 17.9 Å². The molecule has 1 aliphatic carbocycles. The van der Waals surface area contributed by atoms with Gasteiger partial charge in [-0.2, -0.15) is 0 Å². The van der Waals surface area contributed by atoms with Crippen LogP contribution >= 0.6 is 11.3 Å². The predicted molar refractivity (Wildman–Crippen MR) is 111 cm³/mol. The molecular weight excluding hydrogens is 370 g/mol. The van der Waals surface area contributed by atoms with Crippen molar-refractivity contribution < 1.29 is 9.59 Å². The molecule has 0 saturated carbocycles. The number of fused-ring (bicyclic) bond motifs is 1. The van der Waals surface area contributed by atoms with Crippen LogP contribution in [0.2, 0.25) is 0 Å². The third kappa shape index (κ3) is 4.43. The van der Waals surface area contributed by atoms with Gasteiger partial charge in [0.05, 0.1) is 4.88 Å². The summed E-state index contributed by atoms with van der Waals surface area (Å²) in [5.74, 6) is 0.0981. The molecule has 2 amide bonds. The van der Waals surface area contributed by atoms with Crippen molar-refractivity contribution in [3.63, 3.8) is 0 Å². The van der Waals surface area contributed by atoms with Gasteiger partial charge in [-0.15, -0.1) is 11.3 Å². The van der Waals surface area contributed by atoms with Crippen molar-refractivity contribution in [2.24, 2.45) is 0 Å². The zero-order valence-electron chi connectivity index (χ0n) is 16.2. The molecule has 0 spiro atoms. The van der Waals surface area contributed by atoms with E-state index in [0.717, 1.165) is 30.6 Å². The largest absolute Gasteiger partial charge is 0.349 e. The van der Waals surface area contributed by atoms with Crippen LogP contribution in [0.15, 0.2) is 30.6 Å². The number of hydrogen-bond acceptors (Lipinski definition) is 4. The van der Waals surface area contributed by atoms with Crippen LogP contribution in [0.3, 0.4) is 0 Å². The van der Waals surface area contributed by atoms with E-state index < -0.39 is 0 Å². The SMILES string of the molecule is O=C(NC1CCN(C(=O)c2cc3c(s2)CCCCCC3)CC1)c1ccncc1.